The van der Waals surface area contributed by atoms with E-state index in [1.54, 1.807) is 0 Å². The Bertz CT molecular complexity index is 309. The van der Waals surface area contributed by atoms with Crippen LogP contribution in [0.15, 0.2) is 0 Å². The normalized spacial score (nSPS) is 20.4. The van der Waals surface area contributed by atoms with E-state index in [4.69, 9.17) is 0 Å². The van der Waals surface area contributed by atoms with Crippen molar-refractivity contribution in [3.05, 3.63) is 0 Å². The fourth-order valence-electron chi connectivity index (χ4n) is 2.14. The Hall–Kier alpha value is 0.350. The highest BCUT2D eigenvalue weighted by atomic mass is 79.9. The van der Waals surface area contributed by atoms with E-state index in [9.17, 15) is 8.42 Å². The molecule has 1 saturated heterocycles. The van der Waals surface area contributed by atoms with Crippen molar-refractivity contribution >= 4 is 25.8 Å². The standard InChI is InChI=1S/C11H23BrN2O2S/c1-17(15,16)11-3-7-13-5-2-6-14(8-4-12)10-9-13/h2-11H2,1H3. The highest BCUT2D eigenvalue weighted by Gasteiger charge is 2.14. The van der Waals surface area contributed by atoms with Crippen LogP contribution in [0.25, 0.3) is 0 Å². The van der Waals surface area contributed by atoms with Gasteiger partial charge >= 0.3 is 0 Å². The van der Waals surface area contributed by atoms with E-state index in [1.165, 1.54) is 12.7 Å². The third kappa shape index (κ3) is 7.39. The third-order valence-corrected chi connectivity index (χ3v) is 4.46. The molecule has 0 atom stereocenters. The van der Waals surface area contributed by atoms with Gasteiger partial charge in [0.25, 0.3) is 0 Å². The first-order chi connectivity index (χ1) is 8.01. The molecule has 17 heavy (non-hydrogen) atoms. The predicted octanol–water partition coefficient (Wildman–Crippen LogP) is 0.824. The zero-order valence-electron chi connectivity index (χ0n) is 10.6. The van der Waals surface area contributed by atoms with Gasteiger partial charge in [-0.25, -0.2) is 8.42 Å². The van der Waals surface area contributed by atoms with E-state index in [-0.39, 0.29) is 0 Å². The number of hydrogen-bond acceptors (Lipinski definition) is 4. The maximum absolute atomic E-state index is 11.0. The van der Waals surface area contributed by atoms with E-state index >= 15 is 0 Å². The second-order valence-electron chi connectivity index (χ2n) is 4.71. The van der Waals surface area contributed by atoms with E-state index in [2.05, 4.69) is 25.7 Å². The summed E-state index contributed by atoms with van der Waals surface area (Å²) < 4.78 is 22.1. The van der Waals surface area contributed by atoms with Crippen molar-refractivity contribution in [1.29, 1.82) is 0 Å². The van der Waals surface area contributed by atoms with Crippen LogP contribution < -0.4 is 0 Å². The summed E-state index contributed by atoms with van der Waals surface area (Å²) in [7, 11) is -2.80. The van der Waals surface area contributed by atoms with Crippen LogP contribution in [-0.4, -0.2) is 74.8 Å². The number of nitrogens with zero attached hydrogens (tertiary/aromatic N) is 2. The Morgan fingerprint density at radius 2 is 1.65 bits per heavy atom. The molecule has 4 nitrogen and oxygen atoms in total. The minimum Gasteiger partial charge on any atom is -0.302 e. The molecule has 0 aliphatic carbocycles. The summed E-state index contributed by atoms with van der Waals surface area (Å²) in [4.78, 5) is 4.85. The molecule has 0 aromatic heterocycles. The SMILES string of the molecule is CS(=O)(=O)CCCN1CCCN(CCBr)CC1. The summed E-state index contributed by atoms with van der Waals surface area (Å²) in [5.74, 6) is 0.314. The molecule has 0 spiro atoms. The van der Waals surface area contributed by atoms with Gasteiger partial charge < -0.3 is 9.80 Å². The van der Waals surface area contributed by atoms with E-state index in [1.807, 2.05) is 0 Å². The fourth-order valence-corrected chi connectivity index (χ4v) is 3.30. The molecule has 0 unspecified atom stereocenters. The van der Waals surface area contributed by atoms with Crippen LogP contribution in [0.3, 0.4) is 0 Å². The lowest BCUT2D eigenvalue weighted by Crippen LogP contribution is -2.32. The highest BCUT2D eigenvalue weighted by Crippen LogP contribution is 2.04. The van der Waals surface area contributed by atoms with Gasteiger partial charge in [-0.3, -0.25) is 0 Å². The lowest BCUT2D eigenvalue weighted by molar-refractivity contribution is 0.265. The van der Waals surface area contributed by atoms with Crippen molar-refractivity contribution in [2.24, 2.45) is 0 Å². The molecule has 0 N–H and O–H groups in total. The van der Waals surface area contributed by atoms with Gasteiger partial charge in [0.1, 0.15) is 9.84 Å². The molecule has 0 amide bonds. The maximum atomic E-state index is 11.0. The Kier molecular flexibility index (Phi) is 6.99. The number of sulfone groups is 1. The molecule has 0 saturated carbocycles. The average molecular weight is 327 g/mol. The monoisotopic (exact) mass is 326 g/mol. The van der Waals surface area contributed by atoms with Crippen LogP contribution in [-0.2, 0) is 9.84 Å². The summed E-state index contributed by atoms with van der Waals surface area (Å²) in [6, 6.07) is 0. The van der Waals surface area contributed by atoms with Gasteiger partial charge in [0.15, 0.2) is 0 Å². The van der Waals surface area contributed by atoms with E-state index in [0.29, 0.717) is 5.75 Å². The van der Waals surface area contributed by atoms with Gasteiger partial charge in [0, 0.05) is 31.2 Å². The summed E-state index contributed by atoms with van der Waals surface area (Å²) in [5.41, 5.74) is 0. The van der Waals surface area contributed by atoms with Crippen LogP contribution in [0.4, 0.5) is 0 Å². The largest absolute Gasteiger partial charge is 0.302 e. The molecule has 0 aromatic carbocycles. The third-order valence-electron chi connectivity index (χ3n) is 3.07. The van der Waals surface area contributed by atoms with Gasteiger partial charge in [0.2, 0.25) is 0 Å². The fraction of sp³-hybridized carbons (Fsp3) is 1.00. The molecular weight excluding hydrogens is 304 g/mol. The number of hydrogen-bond donors (Lipinski definition) is 0. The first-order valence-corrected chi connectivity index (χ1v) is 9.38. The summed E-state index contributed by atoms with van der Waals surface area (Å²) in [6.45, 7) is 6.45. The lowest BCUT2D eigenvalue weighted by atomic mass is 10.3. The van der Waals surface area contributed by atoms with Crippen LogP contribution >= 0.6 is 15.9 Å². The average Bonchev–Trinajstić information content (AvgIpc) is 2.43. The maximum Gasteiger partial charge on any atom is 0.147 e. The molecule has 1 aliphatic heterocycles. The molecule has 0 radical (unpaired) electrons. The van der Waals surface area contributed by atoms with Crippen molar-refractivity contribution in [2.75, 3.05) is 56.6 Å². The number of rotatable bonds is 6. The minimum atomic E-state index is -2.80. The molecular formula is C11H23BrN2O2S. The van der Waals surface area contributed by atoms with Crippen molar-refractivity contribution in [3.63, 3.8) is 0 Å². The highest BCUT2D eigenvalue weighted by molar-refractivity contribution is 9.09. The quantitative estimate of drug-likeness (QED) is 0.678. The molecule has 1 fully saturated rings. The van der Waals surface area contributed by atoms with Gasteiger partial charge in [-0.15, -0.1) is 0 Å². The Morgan fingerprint density at radius 1 is 1.06 bits per heavy atom. The van der Waals surface area contributed by atoms with Crippen LogP contribution in [0.5, 0.6) is 0 Å². The molecule has 1 rings (SSSR count). The van der Waals surface area contributed by atoms with Crippen LogP contribution in [0.2, 0.25) is 0 Å². The predicted molar refractivity (Wildman–Crippen MR) is 75.6 cm³/mol. The number of alkyl halides is 1. The lowest BCUT2D eigenvalue weighted by Gasteiger charge is -2.20. The molecule has 1 heterocycles. The summed E-state index contributed by atoms with van der Waals surface area (Å²) >= 11 is 3.47. The Labute approximate surface area is 113 Å². The second kappa shape index (κ2) is 7.71. The van der Waals surface area contributed by atoms with Gasteiger partial charge in [-0.2, -0.15) is 0 Å². The molecule has 0 bridgehead atoms. The molecule has 102 valence electrons. The van der Waals surface area contributed by atoms with Crippen LogP contribution in [0, 0.1) is 0 Å². The first kappa shape index (κ1) is 15.4. The second-order valence-corrected chi connectivity index (χ2v) is 7.76. The Morgan fingerprint density at radius 3 is 2.18 bits per heavy atom. The molecule has 1 aliphatic rings. The summed E-state index contributed by atoms with van der Waals surface area (Å²) in [6.07, 6.45) is 3.26. The van der Waals surface area contributed by atoms with Gasteiger partial charge in [-0.05, 0) is 32.5 Å². The zero-order chi connectivity index (χ0) is 12.7. The van der Waals surface area contributed by atoms with Crippen molar-refractivity contribution < 1.29 is 8.42 Å². The van der Waals surface area contributed by atoms with Crippen molar-refractivity contribution in [2.45, 2.75) is 12.8 Å². The van der Waals surface area contributed by atoms with Gasteiger partial charge in [0.05, 0.1) is 5.75 Å². The molecule has 6 heteroatoms. The van der Waals surface area contributed by atoms with E-state index in [0.717, 1.165) is 51.0 Å². The van der Waals surface area contributed by atoms with Crippen molar-refractivity contribution in [1.82, 2.24) is 9.80 Å². The van der Waals surface area contributed by atoms with Crippen molar-refractivity contribution in [3.8, 4) is 0 Å². The molecule has 0 aromatic rings. The first-order valence-electron chi connectivity index (χ1n) is 6.19. The Balaban J connectivity index is 2.22. The van der Waals surface area contributed by atoms with Crippen LogP contribution in [0.1, 0.15) is 12.8 Å². The van der Waals surface area contributed by atoms with E-state index < -0.39 is 9.84 Å². The minimum absolute atomic E-state index is 0.314. The zero-order valence-corrected chi connectivity index (χ0v) is 13.0. The topological polar surface area (TPSA) is 40.6 Å². The summed E-state index contributed by atoms with van der Waals surface area (Å²) in [5, 5.41) is 1.03. The smallest absolute Gasteiger partial charge is 0.147 e. The number of halogens is 1. The van der Waals surface area contributed by atoms with Gasteiger partial charge in [-0.1, -0.05) is 15.9 Å².